The summed E-state index contributed by atoms with van der Waals surface area (Å²) >= 11 is 0. The fraction of sp³-hybridized carbons (Fsp3) is 0.250. The molecule has 0 bridgehead atoms. The van der Waals surface area contributed by atoms with Crippen LogP contribution in [-0.4, -0.2) is 21.6 Å². The molecular formula is C12H14N6. The Labute approximate surface area is 105 Å². The summed E-state index contributed by atoms with van der Waals surface area (Å²) in [6.45, 7) is 0.616. The van der Waals surface area contributed by atoms with Gasteiger partial charge in [-0.2, -0.15) is 5.26 Å². The monoisotopic (exact) mass is 242 g/mol. The normalized spacial score (nSPS) is 10.1. The average Bonchev–Trinajstić information content (AvgIpc) is 2.75. The van der Waals surface area contributed by atoms with Crippen molar-refractivity contribution < 1.29 is 0 Å². The summed E-state index contributed by atoms with van der Waals surface area (Å²) in [7, 11) is 3.83. The molecule has 2 aromatic rings. The lowest BCUT2D eigenvalue weighted by atomic mass is 10.3. The van der Waals surface area contributed by atoms with Gasteiger partial charge < -0.3 is 15.2 Å². The Balaban J connectivity index is 2.22. The molecule has 0 unspecified atom stereocenters. The molecule has 0 aliphatic carbocycles. The Morgan fingerprint density at radius 1 is 1.50 bits per heavy atom. The molecule has 2 aromatic heterocycles. The second-order valence-electron chi connectivity index (χ2n) is 4.03. The highest BCUT2D eigenvalue weighted by Gasteiger charge is 2.09. The van der Waals surface area contributed by atoms with Gasteiger partial charge in [0.1, 0.15) is 17.7 Å². The van der Waals surface area contributed by atoms with Gasteiger partial charge in [-0.1, -0.05) is 0 Å². The SMILES string of the molecule is CN(Cc1nccn1C)c1ccc(N)c(C#N)n1. The van der Waals surface area contributed by atoms with Crippen LogP contribution in [0.5, 0.6) is 0 Å². The summed E-state index contributed by atoms with van der Waals surface area (Å²) in [5, 5.41) is 8.90. The van der Waals surface area contributed by atoms with E-state index in [0.29, 0.717) is 18.1 Å². The molecule has 0 aromatic carbocycles. The lowest BCUT2D eigenvalue weighted by Gasteiger charge is -2.18. The molecule has 0 aliphatic rings. The third-order valence-electron chi connectivity index (χ3n) is 2.71. The molecule has 0 atom stereocenters. The summed E-state index contributed by atoms with van der Waals surface area (Å²) in [5.74, 6) is 1.62. The number of hydrogen-bond donors (Lipinski definition) is 1. The molecule has 6 heteroatoms. The van der Waals surface area contributed by atoms with Crippen LogP contribution < -0.4 is 10.6 Å². The summed E-state index contributed by atoms with van der Waals surface area (Å²) in [4.78, 5) is 10.4. The predicted octanol–water partition coefficient (Wildman–Crippen LogP) is 0.905. The van der Waals surface area contributed by atoms with Gasteiger partial charge >= 0.3 is 0 Å². The predicted molar refractivity (Wildman–Crippen MR) is 68.7 cm³/mol. The van der Waals surface area contributed by atoms with Gasteiger partial charge in [0.05, 0.1) is 12.2 Å². The van der Waals surface area contributed by atoms with E-state index in [9.17, 15) is 0 Å². The third-order valence-corrected chi connectivity index (χ3v) is 2.71. The average molecular weight is 242 g/mol. The van der Waals surface area contributed by atoms with E-state index in [0.717, 1.165) is 5.82 Å². The number of aromatic nitrogens is 3. The Morgan fingerprint density at radius 3 is 2.89 bits per heavy atom. The molecule has 6 nitrogen and oxygen atoms in total. The van der Waals surface area contributed by atoms with Crippen LogP contribution in [0.15, 0.2) is 24.5 Å². The standard InChI is InChI=1S/C12H14N6/c1-17-6-5-15-12(17)8-18(2)11-4-3-9(14)10(7-13)16-11/h3-6H,8,14H2,1-2H3. The number of pyridine rings is 1. The Morgan fingerprint density at radius 2 is 2.28 bits per heavy atom. The highest BCUT2D eigenvalue weighted by atomic mass is 15.2. The van der Waals surface area contributed by atoms with Crippen LogP contribution >= 0.6 is 0 Å². The minimum Gasteiger partial charge on any atom is -0.396 e. The van der Waals surface area contributed by atoms with Crippen molar-refractivity contribution in [3.8, 4) is 6.07 Å². The maximum Gasteiger partial charge on any atom is 0.165 e. The van der Waals surface area contributed by atoms with E-state index >= 15 is 0 Å². The maximum absolute atomic E-state index is 8.90. The lowest BCUT2D eigenvalue weighted by Crippen LogP contribution is -2.20. The van der Waals surface area contributed by atoms with Gasteiger partial charge in [-0.05, 0) is 12.1 Å². The van der Waals surface area contributed by atoms with Crippen LogP contribution in [-0.2, 0) is 13.6 Å². The van der Waals surface area contributed by atoms with E-state index in [2.05, 4.69) is 9.97 Å². The number of nitrogens with two attached hydrogens (primary N) is 1. The zero-order valence-corrected chi connectivity index (χ0v) is 10.3. The molecule has 92 valence electrons. The molecule has 0 radical (unpaired) electrons. The van der Waals surface area contributed by atoms with Crippen molar-refractivity contribution >= 4 is 11.5 Å². The second-order valence-corrected chi connectivity index (χ2v) is 4.03. The topological polar surface area (TPSA) is 83.8 Å². The van der Waals surface area contributed by atoms with Crippen LogP contribution in [0.2, 0.25) is 0 Å². The maximum atomic E-state index is 8.90. The largest absolute Gasteiger partial charge is 0.396 e. The van der Waals surface area contributed by atoms with E-state index in [1.165, 1.54) is 0 Å². The highest BCUT2D eigenvalue weighted by Crippen LogP contribution is 2.16. The molecule has 0 spiro atoms. The molecule has 18 heavy (non-hydrogen) atoms. The van der Waals surface area contributed by atoms with Gasteiger partial charge in [-0.25, -0.2) is 9.97 Å². The summed E-state index contributed by atoms with van der Waals surface area (Å²) in [6.07, 6.45) is 3.64. The van der Waals surface area contributed by atoms with Crippen molar-refractivity contribution in [3.05, 3.63) is 36.0 Å². The third kappa shape index (κ3) is 2.25. The fourth-order valence-corrected chi connectivity index (χ4v) is 1.60. The van der Waals surface area contributed by atoms with E-state index < -0.39 is 0 Å². The van der Waals surface area contributed by atoms with E-state index in [-0.39, 0.29) is 5.69 Å². The number of anilines is 2. The van der Waals surface area contributed by atoms with Crippen LogP contribution in [0.1, 0.15) is 11.5 Å². The summed E-state index contributed by atoms with van der Waals surface area (Å²) in [6, 6.07) is 5.46. The number of rotatable bonds is 3. The highest BCUT2D eigenvalue weighted by molar-refractivity contribution is 5.55. The zero-order valence-electron chi connectivity index (χ0n) is 10.3. The van der Waals surface area contributed by atoms with Crippen LogP contribution in [0.25, 0.3) is 0 Å². The Kier molecular flexibility index (Phi) is 3.15. The molecule has 0 saturated heterocycles. The van der Waals surface area contributed by atoms with Crippen LogP contribution in [0.4, 0.5) is 11.5 Å². The van der Waals surface area contributed by atoms with Crippen molar-refractivity contribution in [1.82, 2.24) is 14.5 Å². The van der Waals surface area contributed by atoms with Gasteiger partial charge in [0, 0.05) is 26.5 Å². The number of nitriles is 1. The van der Waals surface area contributed by atoms with Gasteiger partial charge in [-0.3, -0.25) is 0 Å². The van der Waals surface area contributed by atoms with Crippen molar-refractivity contribution in [1.29, 1.82) is 5.26 Å². The van der Waals surface area contributed by atoms with Crippen molar-refractivity contribution in [2.75, 3.05) is 17.7 Å². The lowest BCUT2D eigenvalue weighted by molar-refractivity contribution is 0.755. The number of imidazole rings is 1. The number of aryl methyl sites for hydroxylation is 1. The first-order valence-electron chi connectivity index (χ1n) is 5.45. The van der Waals surface area contributed by atoms with Gasteiger partial charge in [0.25, 0.3) is 0 Å². The smallest absolute Gasteiger partial charge is 0.165 e. The Bertz CT molecular complexity index is 595. The molecule has 0 amide bonds. The molecular weight excluding hydrogens is 228 g/mol. The molecule has 2 rings (SSSR count). The first kappa shape index (κ1) is 11.9. The first-order chi connectivity index (χ1) is 8.61. The number of nitrogen functional groups attached to an aromatic ring is 1. The molecule has 0 aliphatic heterocycles. The molecule has 2 heterocycles. The number of hydrogen-bond acceptors (Lipinski definition) is 5. The van der Waals surface area contributed by atoms with Gasteiger partial charge in [-0.15, -0.1) is 0 Å². The van der Waals surface area contributed by atoms with Crippen LogP contribution in [0.3, 0.4) is 0 Å². The molecule has 2 N–H and O–H groups in total. The quantitative estimate of drug-likeness (QED) is 0.864. The second kappa shape index (κ2) is 4.75. The van der Waals surface area contributed by atoms with E-state index in [4.69, 9.17) is 11.0 Å². The summed E-state index contributed by atoms with van der Waals surface area (Å²) < 4.78 is 1.94. The van der Waals surface area contributed by atoms with E-state index in [1.54, 1.807) is 18.3 Å². The minimum atomic E-state index is 0.249. The van der Waals surface area contributed by atoms with Crippen LogP contribution in [0, 0.1) is 11.3 Å². The Hall–Kier alpha value is -2.55. The molecule has 0 saturated carbocycles. The first-order valence-corrected chi connectivity index (χ1v) is 5.45. The van der Waals surface area contributed by atoms with Crippen molar-refractivity contribution in [2.24, 2.45) is 7.05 Å². The van der Waals surface area contributed by atoms with Crippen molar-refractivity contribution in [3.63, 3.8) is 0 Å². The number of nitrogens with zero attached hydrogens (tertiary/aromatic N) is 5. The minimum absolute atomic E-state index is 0.249. The fourth-order valence-electron chi connectivity index (χ4n) is 1.60. The summed E-state index contributed by atoms with van der Waals surface area (Å²) in [5.41, 5.74) is 6.28. The van der Waals surface area contributed by atoms with Gasteiger partial charge in [0.2, 0.25) is 0 Å². The molecule has 0 fully saturated rings. The van der Waals surface area contributed by atoms with E-state index in [1.807, 2.05) is 35.8 Å². The zero-order chi connectivity index (χ0) is 13.1. The van der Waals surface area contributed by atoms with Gasteiger partial charge in [0.15, 0.2) is 5.69 Å². The van der Waals surface area contributed by atoms with Crippen molar-refractivity contribution in [2.45, 2.75) is 6.54 Å².